The SMILES string of the molecule is CCC(C)c1ccccc1OCC(=O)N1CCc2cc(C(=O)OC)ccc21. The molecule has 0 aliphatic carbocycles. The van der Waals surface area contributed by atoms with E-state index in [-0.39, 0.29) is 18.5 Å². The van der Waals surface area contributed by atoms with Crippen molar-refractivity contribution in [2.75, 3.05) is 25.2 Å². The molecule has 5 heteroatoms. The third-order valence-corrected chi connectivity index (χ3v) is 5.11. The summed E-state index contributed by atoms with van der Waals surface area (Å²) in [4.78, 5) is 26.1. The zero-order valence-corrected chi connectivity index (χ0v) is 16.0. The molecule has 0 fully saturated rings. The fourth-order valence-electron chi connectivity index (χ4n) is 3.36. The minimum atomic E-state index is -0.368. The van der Waals surface area contributed by atoms with E-state index >= 15 is 0 Å². The summed E-state index contributed by atoms with van der Waals surface area (Å²) in [6, 6.07) is 13.2. The zero-order chi connectivity index (χ0) is 19.4. The van der Waals surface area contributed by atoms with Crippen LogP contribution in [0.1, 0.15) is 47.7 Å². The van der Waals surface area contributed by atoms with Crippen molar-refractivity contribution in [1.29, 1.82) is 0 Å². The minimum Gasteiger partial charge on any atom is -0.483 e. The van der Waals surface area contributed by atoms with Crippen molar-refractivity contribution in [3.05, 3.63) is 59.2 Å². The van der Waals surface area contributed by atoms with E-state index in [1.165, 1.54) is 7.11 Å². The Balaban J connectivity index is 1.70. The van der Waals surface area contributed by atoms with Gasteiger partial charge in [0, 0.05) is 12.2 Å². The van der Waals surface area contributed by atoms with Crippen LogP contribution in [-0.2, 0) is 16.0 Å². The van der Waals surface area contributed by atoms with Crippen LogP contribution in [-0.4, -0.2) is 32.1 Å². The molecule has 1 unspecified atom stereocenters. The minimum absolute atomic E-state index is 0.00829. The smallest absolute Gasteiger partial charge is 0.337 e. The number of ether oxygens (including phenoxy) is 2. The first-order valence-corrected chi connectivity index (χ1v) is 9.28. The molecule has 0 saturated heterocycles. The summed E-state index contributed by atoms with van der Waals surface area (Å²) in [5.41, 5.74) is 3.44. The van der Waals surface area contributed by atoms with Gasteiger partial charge in [-0.3, -0.25) is 4.79 Å². The molecule has 0 N–H and O–H groups in total. The Labute approximate surface area is 159 Å². The van der Waals surface area contributed by atoms with Gasteiger partial charge in [-0.1, -0.05) is 32.0 Å². The number of esters is 1. The summed E-state index contributed by atoms with van der Waals surface area (Å²) in [5.74, 6) is 0.687. The number of hydrogen-bond donors (Lipinski definition) is 0. The first kappa shape index (κ1) is 19.0. The van der Waals surface area contributed by atoms with E-state index in [1.54, 1.807) is 23.1 Å². The molecule has 0 bridgehead atoms. The predicted molar refractivity (Wildman–Crippen MR) is 104 cm³/mol. The van der Waals surface area contributed by atoms with Crippen molar-refractivity contribution in [2.24, 2.45) is 0 Å². The number of carbonyl (C=O) groups excluding carboxylic acids is 2. The average molecular weight is 367 g/mol. The van der Waals surface area contributed by atoms with E-state index in [0.717, 1.165) is 35.4 Å². The molecule has 27 heavy (non-hydrogen) atoms. The van der Waals surface area contributed by atoms with Crippen molar-refractivity contribution < 1.29 is 19.1 Å². The molecule has 1 atom stereocenters. The van der Waals surface area contributed by atoms with Crippen LogP contribution in [0.4, 0.5) is 5.69 Å². The summed E-state index contributed by atoms with van der Waals surface area (Å²) in [6.07, 6.45) is 1.73. The monoisotopic (exact) mass is 367 g/mol. The molecule has 0 radical (unpaired) electrons. The lowest BCUT2D eigenvalue weighted by molar-refractivity contribution is -0.120. The number of benzene rings is 2. The number of methoxy groups -OCH3 is 1. The van der Waals surface area contributed by atoms with Gasteiger partial charge in [0.05, 0.1) is 12.7 Å². The van der Waals surface area contributed by atoms with Crippen molar-refractivity contribution in [1.82, 2.24) is 0 Å². The van der Waals surface area contributed by atoms with Gasteiger partial charge < -0.3 is 14.4 Å². The molecule has 5 nitrogen and oxygen atoms in total. The van der Waals surface area contributed by atoms with Crippen LogP contribution in [0.3, 0.4) is 0 Å². The van der Waals surface area contributed by atoms with E-state index in [0.29, 0.717) is 18.0 Å². The summed E-state index contributed by atoms with van der Waals surface area (Å²) in [7, 11) is 1.36. The molecule has 1 aliphatic heterocycles. The average Bonchev–Trinajstić information content (AvgIpc) is 3.14. The van der Waals surface area contributed by atoms with Crippen LogP contribution >= 0.6 is 0 Å². The fraction of sp³-hybridized carbons (Fsp3) is 0.364. The third-order valence-electron chi connectivity index (χ3n) is 5.11. The molecular weight excluding hydrogens is 342 g/mol. The number of anilines is 1. The molecule has 0 spiro atoms. The Hall–Kier alpha value is -2.82. The van der Waals surface area contributed by atoms with Crippen LogP contribution in [0.5, 0.6) is 5.75 Å². The molecule has 0 saturated carbocycles. The quantitative estimate of drug-likeness (QED) is 0.726. The summed E-state index contributed by atoms with van der Waals surface area (Å²) < 4.78 is 10.6. The molecule has 1 amide bonds. The Morgan fingerprint density at radius 3 is 2.70 bits per heavy atom. The number of rotatable bonds is 6. The highest BCUT2D eigenvalue weighted by Crippen LogP contribution is 2.31. The van der Waals surface area contributed by atoms with Gasteiger partial charge in [0.25, 0.3) is 5.91 Å². The summed E-state index contributed by atoms with van der Waals surface area (Å²) >= 11 is 0. The molecule has 1 heterocycles. The van der Waals surface area contributed by atoms with Gasteiger partial charge in [0.2, 0.25) is 0 Å². The van der Waals surface area contributed by atoms with E-state index in [2.05, 4.69) is 13.8 Å². The van der Waals surface area contributed by atoms with Crippen molar-refractivity contribution in [3.63, 3.8) is 0 Å². The number of amides is 1. The van der Waals surface area contributed by atoms with E-state index in [1.807, 2.05) is 24.3 Å². The lowest BCUT2D eigenvalue weighted by Crippen LogP contribution is -2.33. The normalized spacial score (nSPS) is 13.8. The van der Waals surface area contributed by atoms with Gasteiger partial charge in [0.15, 0.2) is 6.61 Å². The molecule has 2 aromatic carbocycles. The van der Waals surface area contributed by atoms with Gasteiger partial charge in [-0.05, 0) is 54.2 Å². The lowest BCUT2D eigenvalue weighted by atomic mass is 9.98. The van der Waals surface area contributed by atoms with E-state index < -0.39 is 0 Å². The van der Waals surface area contributed by atoms with Crippen LogP contribution < -0.4 is 9.64 Å². The maximum Gasteiger partial charge on any atom is 0.337 e. The van der Waals surface area contributed by atoms with Gasteiger partial charge in [-0.15, -0.1) is 0 Å². The maximum atomic E-state index is 12.7. The number of carbonyl (C=O) groups is 2. The Morgan fingerprint density at radius 1 is 1.19 bits per heavy atom. The van der Waals surface area contributed by atoms with Crippen LogP contribution in [0, 0.1) is 0 Å². The summed E-state index contributed by atoms with van der Waals surface area (Å²) in [5, 5.41) is 0. The topological polar surface area (TPSA) is 55.8 Å². The molecule has 2 aromatic rings. The standard InChI is InChI=1S/C22H25NO4/c1-4-15(2)18-7-5-6-8-20(18)27-14-21(24)23-12-11-16-13-17(22(25)26-3)9-10-19(16)23/h5-10,13,15H,4,11-12,14H2,1-3H3. The second-order valence-corrected chi connectivity index (χ2v) is 6.77. The molecule has 0 aromatic heterocycles. The van der Waals surface area contributed by atoms with Crippen molar-refractivity contribution in [2.45, 2.75) is 32.6 Å². The van der Waals surface area contributed by atoms with Crippen LogP contribution in [0.15, 0.2) is 42.5 Å². The van der Waals surface area contributed by atoms with Gasteiger partial charge in [-0.25, -0.2) is 4.79 Å². The number of para-hydroxylation sites is 1. The second kappa shape index (κ2) is 8.25. The molecule has 142 valence electrons. The van der Waals surface area contributed by atoms with E-state index in [9.17, 15) is 9.59 Å². The van der Waals surface area contributed by atoms with Crippen LogP contribution in [0.2, 0.25) is 0 Å². The highest BCUT2D eigenvalue weighted by molar-refractivity contribution is 5.98. The lowest BCUT2D eigenvalue weighted by Gasteiger charge is -2.19. The highest BCUT2D eigenvalue weighted by Gasteiger charge is 2.26. The van der Waals surface area contributed by atoms with Crippen molar-refractivity contribution >= 4 is 17.6 Å². The first-order chi connectivity index (χ1) is 13.0. The van der Waals surface area contributed by atoms with Crippen LogP contribution in [0.25, 0.3) is 0 Å². The Bertz CT molecular complexity index is 846. The molecule has 3 rings (SSSR count). The Morgan fingerprint density at radius 2 is 1.96 bits per heavy atom. The number of nitrogens with zero attached hydrogens (tertiary/aromatic N) is 1. The Kier molecular flexibility index (Phi) is 5.79. The van der Waals surface area contributed by atoms with Crippen molar-refractivity contribution in [3.8, 4) is 5.75 Å². The zero-order valence-electron chi connectivity index (χ0n) is 16.0. The fourth-order valence-corrected chi connectivity index (χ4v) is 3.36. The molecule has 1 aliphatic rings. The van der Waals surface area contributed by atoms with Gasteiger partial charge in [-0.2, -0.15) is 0 Å². The van der Waals surface area contributed by atoms with Gasteiger partial charge in [0.1, 0.15) is 5.75 Å². The number of fused-ring (bicyclic) bond motifs is 1. The predicted octanol–water partition coefficient (Wildman–Crippen LogP) is 3.95. The summed E-state index contributed by atoms with van der Waals surface area (Å²) in [6.45, 7) is 4.87. The number of hydrogen-bond acceptors (Lipinski definition) is 4. The highest BCUT2D eigenvalue weighted by atomic mass is 16.5. The van der Waals surface area contributed by atoms with E-state index in [4.69, 9.17) is 9.47 Å². The molecular formula is C22H25NO4. The maximum absolute atomic E-state index is 12.7. The van der Waals surface area contributed by atoms with Gasteiger partial charge >= 0.3 is 5.97 Å². The second-order valence-electron chi connectivity index (χ2n) is 6.77. The first-order valence-electron chi connectivity index (χ1n) is 9.28. The largest absolute Gasteiger partial charge is 0.483 e. The third kappa shape index (κ3) is 3.97.